The van der Waals surface area contributed by atoms with Crippen LogP contribution in [0.2, 0.25) is 0 Å². The summed E-state index contributed by atoms with van der Waals surface area (Å²) in [5, 5.41) is 2.66. The molecule has 0 aromatic carbocycles. The van der Waals surface area contributed by atoms with Crippen LogP contribution < -0.4 is 10.9 Å². The molecule has 0 radical (unpaired) electrons. The van der Waals surface area contributed by atoms with E-state index in [0.717, 1.165) is 5.57 Å². The van der Waals surface area contributed by atoms with Crippen molar-refractivity contribution in [3.05, 3.63) is 32.7 Å². The van der Waals surface area contributed by atoms with Crippen LogP contribution in [0.5, 0.6) is 0 Å². The average molecular weight is 337 g/mol. The van der Waals surface area contributed by atoms with E-state index in [4.69, 9.17) is 0 Å². The Morgan fingerprint density at radius 3 is 2.78 bits per heavy atom. The molecule has 7 nitrogen and oxygen atoms in total. The van der Waals surface area contributed by atoms with Gasteiger partial charge in [-0.1, -0.05) is 5.57 Å². The van der Waals surface area contributed by atoms with Crippen molar-refractivity contribution in [1.29, 1.82) is 0 Å². The summed E-state index contributed by atoms with van der Waals surface area (Å²) in [6, 6.07) is 1.22. The number of nitrogens with one attached hydrogen (secondary N) is 2. The number of hydrogen-bond acceptors (Lipinski definition) is 5. The second kappa shape index (κ2) is 5.59. The average Bonchev–Trinajstić information content (AvgIpc) is 2.75. The van der Waals surface area contributed by atoms with E-state index in [1.807, 2.05) is 6.92 Å². The van der Waals surface area contributed by atoms with Gasteiger partial charge < -0.3 is 10.3 Å². The van der Waals surface area contributed by atoms with Crippen LogP contribution in [0.4, 0.5) is 5.82 Å². The molecule has 1 aliphatic heterocycles. The van der Waals surface area contributed by atoms with Gasteiger partial charge in [0, 0.05) is 22.8 Å². The summed E-state index contributed by atoms with van der Waals surface area (Å²) in [6.45, 7) is 3.46. The Hall–Kier alpha value is -1.96. The van der Waals surface area contributed by atoms with Gasteiger partial charge in [0.2, 0.25) is 5.91 Å². The van der Waals surface area contributed by atoms with Crippen LogP contribution in [0.15, 0.2) is 21.3 Å². The molecule has 2 atom stereocenters. The van der Waals surface area contributed by atoms with E-state index in [9.17, 15) is 18.0 Å². The van der Waals surface area contributed by atoms with Crippen LogP contribution in [0, 0.1) is 18.8 Å². The fourth-order valence-electron chi connectivity index (χ4n) is 3.59. The van der Waals surface area contributed by atoms with Gasteiger partial charge in [-0.05, 0) is 33.1 Å². The summed E-state index contributed by atoms with van der Waals surface area (Å²) in [4.78, 5) is 31.1. The molecule has 1 aliphatic carbocycles. The number of hydrogen-bond donors (Lipinski definition) is 2. The largest absolute Gasteiger partial charge is 0.311 e. The minimum Gasteiger partial charge on any atom is -0.311 e. The van der Waals surface area contributed by atoms with E-state index >= 15 is 0 Å². The van der Waals surface area contributed by atoms with Crippen LogP contribution in [0.3, 0.4) is 0 Å². The fraction of sp³-hybridized carbons (Fsp3) is 0.533. The maximum absolute atomic E-state index is 12.6. The number of anilines is 1. The standard InChI is InChI=1S/C15H19N3O4S/c1-8-3-4-11(10-5-6-23(21,22)14(8)10)15(20)18-12-7-13(19)17-9(2)16-12/h7,10-11H,3-6H2,1-2H3,(H2,16,17,18,19,20). The molecule has 2 aliphatic rings. The molecule has 1 fully saturated rings. The number of sulfone groups is 1. The molecule has 2 N–H and O–H groups in total. The number of carbonyl (C=O) groups excluding carboxylic acids is 1. The molecule has 1 aromatic heterocycles. The first-order chi connectivity index (χ1) is 10.8. The number of allylic oxidation sites excluding steroid dienone is 2. The van der Waals surface area contributed by atoms with Crippen LogP contribution in [-0.4, -0.2) is 30.0 Å². The van der Waals surface area contributed by atoms with E-state index in [1.54, 1.807) is 6.92 Å². The summed E-state index contributed by atoms with van der Waals surface area (Å²) in [5.74, 6) is -0.198. The van der Waals surface area contributed by atoms with Crippen molar-refractivity contribution in [2.75, 3.05) is 11.1 Å². The molecule has 1 amide bonds. The number of carbonyl (C=O) groups is 1. The molecule has 124 valence electrons. The molecule has 1 saturated heterocycles. The van der Waals surface area contributed by atoms with E-state index in [2.05, 4.69) is 15.3 Å². The summed E-state index contributed by atoms with van der Waals surface area (Å²) in [5.41, 5.74) is 0.540. The Bertz CT molecular complexity index is 854. The quantitative estimate of drug-likeness (QED) is 0.841. The third kappa shape index (κ3) is 2.95. The van der Waals surface area contributed by atoms with Crippen molar-refractivity contribution in [3.63, 3.8) is 0 Å². The van der Waals surface area contributed by atoms with Gasteiger partial charge in [-0.3, -0.25) is 9.59 Å². The van der Waals surface area contributed by atoms with Gasteiger partial charge in [0.1, 0.15) is 11.6 Å². The van der Waals surface area contributed by atoms with E-state index < -0.39 is 15.8 Å². The van der Waals surface area contributed by atoms with Gasteiger partial charge in [-0.15, -0.1) is 0 Å². The van der Waals surface area contributed by atoms with Crippen molar-refractivity contribution >= 4 is 21.6 Å². The minimum absolute atomic E-state index is 0.108. The highest BCUT2D eigenvalue weighted by Crippen LogP contribution is 2.45. The number of rotatable bonds is 2. The number of fused-ring (bicyclic) bond motifs is 1. The maximum Gasteiger partial charge on any atom is 0.252 e. The van der Waals surface area contributed by atoms with Gasteiger partial charge >= 0.3 is 0 Å². The second-order valence-corrected chi connectivity index (χ2v) is 8.29. The summed E-state index contributed by atoms with van der Waals surface area (Å²) < 4.78 is 24.3. The SMILES string of the molecule is CC1=C2C(CCS2(=O)=O)C(C(=O)Nc2cc(=O)[nH]c(C)n2)CC1. The highest BCUT2D eigenvalue weighted by molar-refractivity contribution is 7.95. The normalized spacial score (nSPS) is 26.0. The Labute approximate surface area is 134 Å². The number of aryl methyl sites for hydroxylation is 1. The summed E-state index contributed by atoms with van der Waals surface area (Å²) in [7, 11) is -3.22. The Kier molecular flexibility index (Phi) is 3.87. The number of H-pyrrole nitrogens is 1. The van der Waals surface area contributed by atoms with Gasteiger partial charge in [0.15, 0.2) is 9.84 Å². The second-order valence-electron chi connectivity index (χ2n) is 6.21. The van der Waals surface area contributed by atoms with Crippen LogP contribution in [0.1, 0.15) is 32.0 Å². The van der Waals surface area contributed by atoms with Gasteiger partial charge in [0.25, 0.3) is 5.56 Å². The van der Waals surface area contributed by atoms with Crippen LogP contribution in [0.25, 0.3) is 0 Å². The van der Waals surface area contributed by atoms with Crippen molar-refractivity contribution in [3.8, 4) is 0 Å². The molecule has 3 rings (SSSR count). The number of amides is 1. The highest BCUT2D eigenvalue weighted by atomic mass is 32.2. The number of aromatic nitrogens is 2. The van der Waals surface area contributed by atoms with Gasteiger partial charge in [-0.2, -0.15) is 0 Å². The Balaban J connectivity index is 1.85. The summed E-state index contributed by atoms with van der Waals surface area (Å²) >= 11 is 0. The number of nitrogens with zero attached hydrogens (tertiary/aromatic N) is 1. The van der Waals surface area contributed by atoms with Gasteiger partial charge in [-0.25, -0.2) is 13.4 Å². The predicted molar refractivity (Wildman–Crippen MR) is 85.5 cm³/mol. The first-order valence-electron chi connectivity index (χ1n) is 7.59. The Morgan fingerprint density at radius 2 is 2.09 bits per heavy atom. The molecule has 0 spiro atoms. The fourth-order valence-corrected chi connectivity index (χ4v) is 5.75. The molecule has 0 saturated carbocycles. The molecule has 23 heavy (non-hydrogen) atoms. The molecular weight excluding hydrogens is 318 g/mol. The topological polar surface area (TPSA) is 109 Å². The first-order valence-corrected chi connectivity index (χ1v) is 9.24. The zero-order chi connectivity index (χ0) is 16.8. The number of aromatic amines is 1. The lowest BCUT2D eigenvalue weighted by atomic mass is 9.79. The van der Waals surface area contributed by atoms with Crippen molar-refractivity contribution in [1.82, 2.24) is 9.97 Å². The minimum atomic E-state index is -3.22. The lowest BCUT2D eigenvalue weighted by Crippen LogP contribution is -2.33. The smallest absolute Gasteiger partial charge is 0.252 e. The van der Waals surface area contributed by atoms with Crippen LogP contribution in [-0.2, 0) is 14.6 Å². The summed E-state index contributed by atoms with van der Waals surface area (Å²) in [6.07, 6.45) is 1.70. The molecule has 2 heterocycles. The van der Waals surface area contributed by atoms with E-state index in [1.165, 1.54) is 6.07 Å². The zero-order valence-electron chi connectivity index (χ0n) is 13.0. The molecule has 0 bridgehead atoms. The van der Waals surface area contributed by atoms with E-state index in [0.29, 0.717) is 30.0 Å². The third-order valence-corrected chi connectivity index (χ3v) is 6.65. The highest BCUT2D eigenvalue weighted by Gasteiger charge is 2.45. The predicted octanol–water partition coefficient (Wildman–Crippen LogP) is 1.14. The van der Waals surface area contributed by atoms with Crippen molar-refractivity contribution in [2.45, 2.75) is 33.1 Å². The lowest BCUT2D eigenvalue weighted by molar-refractivity contribution is -0.121. The molecule has 2 unspecified atom stereocenters. The zero-order valence-corrected chi connectivity index (χ0v) is 13.9. The lowest BCUT2D eigenvalue weighted by Gasteiger charge is -2.28. The molecule has 8 heteroatoms. The Morgan fingerprint density at radius 1 is 1.35 bits per heavy atom. The molecule has 1 aromatic rings. The first kappa shape index (κ1) is 15.9. The van der Waals surface area contributed by atoms with Crippen LogP contribution >= 0.6 is 0 Å². The third-order valence-electron chi connectivity index (χ3n) is 4.55. The maximum atomic E-state index is 12.6. The van der Waals surface area contributed by atoms with Crippen molar-refractivity contribution in [2.24, 2.45) is 11.8 Å². The van der Waals surface area contributed by atoms with Crippen molar-refractivity contribution < 1.29 is 13.2 Å². The van der Waals surface area contributed by atoms with Gasteiger partial charge in [0.05, 0.1) is 5.75 Å². The molecular formula is C15H19N3O4S. The van der Waals surface area contributed by atoms with E-state index in [-0.39, 0.29) is 29.0 Å². The monoisotopic (exact) mass is 337 g/mol.